The van der Waals surface area contributed by atoms with E-state index in [4.69, 9.17) is 4.74 Å². The summed E-state index contributed by atoms with van der Waals surface area (Å²) in [6, 6.07) is 4.42. The molecule has 11 heteroatoms. The number of aromatic nitrogens is 4. The van der Waals surface area contributed by atoms with Gasteiger partial charge in [-0.2, -0.15) is 5.10 Å². The maximum absolute atomic E-state index is 14.8. The Hall–Kier alpha value is -3.89. The number of hydrogen-bond donors (Lipinski definition) is 1. The summed E-state index contributed by atoms with van der Waals surface area (Å²) in [6.45, 7) is 0.848. The number of cyclic esters (lactones) is 1. The zero-order valence-electron chi connectivity index (χ0n) is 16.1. The molecule has 3 aromatic rings. The second kappa shape index (κ2) is 8.23. The topological polar surface area (TPSA) is 104 Å². The van der Waals surface area contributed by atoms with Crippen LogP contribution in [0.3, 0.4) is 0 Å². The van der Waals surface area contributed by atoms with Gasteiger partial charge >= 0.3 is 12.2 Å². The van der Waals surface area contributed by atoms with E-state index in [0.29, 0.717) is 12.2 Å². The molecule has 30 heavy (non-hydrogen) atoms. The summed E-state index contributed by atoms with van der Waals surface area (Å²) in [7, 11) is 1.24. The van der Waals surface area contributed by atoms with Gasteiger partial charge in [0.2, 0.25) is 0 Å². The quantitative estimate of drug-likeness (QED) is 0.661. The molecule has 1 aliphatic heterocycles. The average Bonchev–Trinajstić information content (AvgIpc) is 3.48. The summed E-state index contributed by atoms with van der Waals surface area (Å²) in [5, 5.41) is 6.69. The zero-order chi connectivity index (χ0) is 21.1. The number of benzene rings is 1. The van der Waals surface area contributed by atoms with Crippen molar-refractivity contribution in [3.63, 3.8) is 0 Å². The van der Waals surface area contributed by atoms with Gasteiger partial charge in [0.25, 0.3) is 0 Å². The molecule has 0 spiro atoms. The molecule has 0 saturated carbocycles. The van der Waals surface area contributed by atoms with E-state index < -0.39 is 24.1 Å². The normalized spacial score (nSPS) is 15.9. The number of nitrogens with zero attached hydrogens (tertiary/aromatic N) is 5. The number of halogens is 1. The van der Waals surface area contributed by atoms with Crippen LogP contribution in [0.5, 0.6) is 0 Å². The smallest absolute Gasteiger partial charge is 0.414 e. The summed E-state index contributed by atoms with van der Waals surface area (Å²) >= 11 is 0. The number of hydrogen-bond acceptors (Lipinski definition) is 6. The number of imidazole rings is 1. The lowest BCUT2D eigenvalue weighted by Crippen LogP contribution is -2.34. The Morgan fingerprint density at radius 2 is 2.30 bits per heavy atom. The Labute approximate surface area is 170 Å². The lowest BCUT2D eigenvalue weighted by Gasteiger charge is -2.14. The van der Waals surface area contributed by atoms with Crippen molar-refractivity contribution in [1.82, 2.24) is 24.6 Å². The predicted molar refractivity (Wildman–Crippen MR) is 103 cm³/mol. The third-order valence-electron chi connectivity index (χ3n) is 4.58. The highest BCUT2D eigenvalue weighted by atomic mass is 19.1. The van der Waals surface area contributed by atoms with Crippen LogP contribution in [-0.2, 0) is 16.0 Å². The number of amides is 2. The number of rotatable bonds is 6. The summed E-state index contributed by atoms with van der Waals surface area (Å²) in [6.07, 6.45) is 6.80. The highest BCUT2D eigenvalue weighted by Gasteiger charge is 2.33. The lowest BCUT2D eigenvalue weighted by atomic mass is 10.2. The van der Waals surface area contributed by atoms with Crippen LogP contribution >= 0.6 is 0 Å². The first kappa shape index (κ1) is 19.4. The van der Waals surface area contributed by atoms with E-state index in [2.05, 4.69) is 20.1 Å². The molecule has 0 radical (unpaired) electrons. The van der Waals surface area contributed by atoms with Gasteiger partial charge in [-0.05, 0) is 18.2 Å². The Kier molecular flexibility index (Phi) is 5.33. The van der Waals surface area contributed by atoms with E-state index in [1.807, 2.05) is 10.8 Å². The Morgan fingerprint density at radius 1 is 1.43 bits per heavy atom. The van der Waals surface area contributed by atoms with Crippen molar-refractivity contribution in [2.45, 2.75) is 12.6 Å². The fourth-order valence-electron chi connectivity index (χ4n) is 3.12. The zero-order valence-corrected chi connectivity index (χ0v) is 16.1. The van der Waals surface area contributed by atoms with Crippen LogP contribution in [0.15, 0.2) is 49.3 Å². The molecule has 1 aromatic carbocycles. The average molecular weight is 414 g/mol. The molecule has 2 aromatic heterocycles. The van der Waals surface area contributed by atoms with Crippen molar-refractivity contribution < 1.29 is 23.5 Å². The first-order valence-corrected chi connectivity index (χ1v) is 9.12. The van der Waals surface area contributed by atoms with E-state index in [-0.39, 0.29) is 18.8 Å². The lowest BCUT2D eigenvalue weighted by molar-refractivity contribution is 0.132. The highest BCUT2D eigenvalue weighted by molar-refractivity contribution is 5.90. The van der Waals surface area contributed by atoms with E-state index in [1.165, 1.54) is 22.8 Å². The van der Waals surface area contributed by atoms with Gasteiger partial charge in [0.1, 0.15) is 11.8 Å². The van der Waals surface area contributed by atoms with E-state index >= 15 is 0 Å². The Bertz CT molecular complexity index is 1050. The minimum Gasteiger partial charge on any atom is -0.453 e. The van der Waals surface area contributed by atoms with Crippen LogP contribution in [0, 0.1) is 5.82 Å². The Morgan fingerprint density at radius 3 is 3.03 bits per heavy atom. The van der Waals surface area contributed by atoms with Crippen LogP contribution in [-0.4, -0.2) is 57.8 Å². The predicted octanol–water partition coefficient (Wildman–Crippen LogP) is 1.94. The van der Waals surface area contributed by atoms with Crippen molar-refractivity contribution in [3.05, 3.63) is 60.7 Å². The second-order valence-corrected chi connectivity index (χ2v) is 6.65. The minimum absolute atomic E-state index is 0.0997. The van der Waals surface area contributed by atoms with E-state index in [1.54, 1.807) is 37.1 Å². The first-order chi connectivity index (χ1) is 14.5. The van der Waals surface area contributed by atoms with Crippen LogP contribution in [0.2, 0.25) is 0 Å². The molecule has 4 rings (SSSR count). The molecule has 1 saturated heterocycles. The molecule has 1 atom stereocenters. The number of carbonyl (C=O) groups excluding carboxylic acids is 2. The molecular weight excluding hydrogens is 395 g/mol. The van der Waals surface area contributed by atoms with Gasteiger partial charge < -0.3 is 19.4 Å². The minimum atomic E-state index is -0.619. The van der Waals surface area contributed by atoms with Gasteiger partial charge in [0.05, 0.1) is 45.0 Å². The fourth-order valence-corrected chi connectivity index (χ4v) is 3.12. The molecule has 1 N–H and O–H groups in total. The summed E-state index contributed by atoms with van der Waals surface area (Å²) in [5.74, 6) is -0.534. The summed E-state index contributed by atoms with van der Waals surface area (Å²) in [4.78, 5) is 28.6. The van der Waals surface area contributed by atoms with Crippen LogP contribution in [0.4, 0.5) is 19.7 Å². The summed E-state index contributed by atoms with van der Waals surface area (Å²) < 4.78 is 27.8. The number of ether oxygens (including phenoxy) is 2. The van der Waals surface area contributed by atoms with Gasteiger partial charge in [-0.3, -0.25) is 4.90 Å². The molecule has 0 aliphatic carbocycles. The number of alkyl carbamates (subject to hydrolysis) is 1. The van der Waals surface area contributed by atoms with Crippen LogP contribution in [0.25, 0.3) is 5.69 Å². The third-order valence-corrected chi connectivity index (χ3v) is 4.58. The standard InChI is InChI=1S/C19H19FN6O4/c1-29-18(27)22-8-15-11-25(19(28)30-15)14-2-3-17(16(20)6-14)26-10-13(7-23-26)9-24-5-4-21-12-24/h2-7,10,12,15H,8-9,11H2,1H3,(H,22,27)/t15-/m0/s1. The molecule has 1 fully saturated rings. The SMILES string of the molecule is COC(=O)NC[C@H]1CN(c2ccc(-n3cc(Cn4ccnc4)cn3)c(F)c2)C(=O)O1. The number of nitrogens with one attached hydrogen (secondary N) is 1. The number of anilines is 1. The van der Waals surface area contributed by atoms with Gasteiger partial charge in [0.15, 0.2) is 5.82 Å². The molecule has 0 unspecified atom stereocenters. The van der Waals surface area contributed by atoms with Crippen LogP contribution in [0.1, 0.15) is 5.56 Å². The first-order valence-electron chi connectivity index (χ1n) is 9.12. The third kappa shape index (κ3) is 4.09. The van der Waals surface area contributed by atoms with E-state index in [0.717, 1.165) is 5.56 Å². The molecule has 2 amide bonds. The molecular formula is C19H19FN6O4. The van der Waals surface area contributed by atoms with Gasteiger partial charge in [-0.25, -0.2) is 23.6 Å². The van der Waals surface area contributed by atoms with Crippen molar-refractivity contribution >= 4 is 17.9 Å². The van der Waals surface area contributed by atoms with Crippen molar-refractivity contribution in [3.8, 4) is 5.69 Å². The monoisotopic (exact) mass is 414 g/mol. The molecule has 10 nitrogen and oxygen atoms in total. The maximum Gasteiger partial charge on any atom is 0.414 e. The maximum atomic E-state index is 14.8. The molecule has 1 aliphatic rings. The fraction of sp³-hybridized carbons (Fsp3) is 0.263. The van der Waals surface area contributed by atoms with Gasteiger partial charge in [-0.15, -0.1) is 0 Å². The van der Waals surface area contributed by atoms with Crippen molar-refractivity contribution in [1.29, 1.82) is 0 Å². The summed E-state index contributed by atoms with van der Waals surface area (Å²) in [5.41, 5.74) is 1.50. The molecule has 0 bridgehead atoms. The van der Waals surface area contributed by atoms with E-state index in [9.17, 15) is 14.0 Å². The van der Waals surface area contributed by atoms with Gasteiger partial charge in [0, 0.05) is 24.2 Å². The van der Waals surface area contributed by atoms with Crippen molar-refractivity contribution in [2.24, 2.45) is 0 Å². The second-order valence-electron chi connectivity index (χ2n) is 6.65. The van der Waals surface area contributed by atoms with Gasteiger partial charge in [-0.1, -0.05) is 0 Å². The van der Waals surface area contributed by atoms with Crippen molar-refractivity contribution in [2.75, 3.05) is 25.1 Å². The number of methoxy groups -OCH3 is 1. The Balaban J connectivity index is 1.45. The van der Waals surface area contributed by atoms with Crippen LogP contribution < -0.4 is 10.2 Å². The largest absolute Gasteiger partial charge is 0.453 e. The highest BCUT2D eigenvalue weighted by Crippen LogP contribution is 2.25. The molecule has 156 valence electrons. The molecule has 3 heterocycles. The number of carbonyl (C=O) groups is 2.